The van der Waals surface area contributed by atoms with Crippen molar-refractivity contribution in [1.82, 2.24) is 0 Å². The minimum absolute atomic E-state index is 0.126. The van der Waals surface area contributed by atoms with Crippen LogP contribution in [0.2, 0.25) is 0 Å². The van der Waals surface area contributed by atoms with Crippen LogP contribution in [0.3, 0.4) is 0 Å². The van der Waals surface area contributed by atoms with Crippen LogP contribution >= 0.6 is 0 Å². The SMILES string of the molecule is Cc1ccc(C(C)(F)F)c(C(O)CCN)c1. The van der Waals surface area contributed by atoms with Gasteiger partial charge in [0, 0.05) is 12.5 Å². The molecule has 0 radical (unpaired) electrons. The second-order valence-electron chi connectivity index (χ2n) is 4.07. The maximum atomic E-state index is 13.3. The lowest BCUT2D eigenvalue weighted by molar-refractivity contribution is 0.0135. The second kappa shape index (κ2) is 4.89. The van der Waals surface area contributed by atoms with Crippen LogP contribution < -0.4 is 5.73 Å². The third-order valence-corrected chi connectivity index (χ3v) is 2.48. The minimum atomic E-state index is -2.95. The fraction of sp³-hybridized carbons (Fsp3) is 0.500. The highest BCUT2D eigenvalue weighted by atomic mass is 19.3. The van der Waals surface area contributed by atoms with Gasteiger partial charge in [-0.1, -0.05) is 23.8 Å². The molecule has 0 fully saturated rings. The number of nitrogens with two attached hydrogens (primary N) is 1. The van der Waals surface area contributed by atoms with Gasteiger partial charge in [-0.15, -0.1) is 0 Å². The van der Waals surface area contributed by atoms with E-state index in [2.05, 4.69) is 0 Å². The number of aliphatic hydroxyl groups is 1. The van der Waals surface area contributed by atoms with Crippen molar-refractivity contribution in [3.05, 3.63) is 34.9 Å². The second-order valence-corrected chi connectivity index (χ2v) is 4.07. The highest BCUT2D eigenvalue weighted by Crippen LogP contribution is 2.34. The summed E-state index contributed by atoms with van der Waals surface area (Å²) in [5.41, 5.74) is 6.31. The quantitative estimate of drug-likeness (QED) is 0.833. The van der Waals surface area contributed by atoms with Crippen molar-refractivity contribution in [2.24, 2.45) is 5.73 Å². The monoisotopic (exact) mass is 229 g/mol. The lowest BCUT2D eigenvalue weighted by atomic mass is 9.95. The summed E-state index contributed by atoms with van der Waals surface area (Å²) in [6.45, 7) is 2.90. The maximum Gasteiger partial charge on any atom is 0.270 e. The average molecular weight is 229 g/mol. The smallest absolute Gasteiger partial charge is 0.270 e. The molecular weight excluding hydrogens is 212 g/mol. The van der Waals surface area contributed by atoms with Crippen LogP contribution in [-0.4, -0.2) is 11.7 Å². The van der Waals surface area contributed by atoms with Crippen LogP contribution in [0.4, 0.5) is 8.78 Å². The van der Waals surface area contributed by atoms with Crippen molar-refractivity contribution in [3.8, 4) is 0 Å². The Morgan fingerprint density at radius 3 is 2.56 bits per heavy atom. The summed E-state index contributed by atoms with van der Waals surface area (Å²) in [7, 11) is 0. The molecule has 3 N–H and O–H groups in total. The first kappa shape index (κ1) is 13.1. The Bertz CT molecular complexity index is 361. The summed E-state index contributed by atoms with van der Waals surface area (Å²) in [6.07, 6.45) is -0.641. The number of hydrogen-bond donors (Lipinski definition) is 2. The Balaban J connectivity index is 3.18. The normalized spacial score (nSPS) is 13.9. The van der Waals surface area contributed by atoms with E-state index in [0.717, 1.165) is 12.5 Å². The molecule has 0 amide bonds. The molecule has 0 aliphatic heterocycles. The summed E-state index contributed by atoms with van der Waals surface area (Å²) < 4.78 is 26.6. The molecule has 90 valence electrons. The molecule has 1 aromatic carbocycles. The van der Waals surface area contributed by atoms with Crippen LogP contribution in [0, 0.1) is 6.92 Å². The number of benzene rings is 1. The van der Waals surface area contributed by atoms with Gasteiger partial charge in [-0.3, -0.25) is 0 Å². The summed E-state index contributed by atoms with van der Waals surface area (Å²) in [6, 6.07) is 4.57. The van der Waals surface area contributed by atoms with Gasteiger partial charge in [-0.05, 0) is 25.5 Å². The van der Waals surface area contributed by atoms with E-state index in [1.54, 1.807) is 19.1 Å². The molecule has 0 bridgehead atoms. The zero-order valence-electron chi connectivity index (χ0n) is 9.50. The van der Waals surface area contributed by atoms with Crippen molar-refractivity contribution in [1.29, 1.82) is 0 Å². The van der Waals surface area contributed by atoms with Gasteiger partial charge in [-0.25, -0.2) is 8.78 Å². The molecule has 16 heavy (non-hydrogen) atoms. The fourth-order valence-electron chi connectivity index (χ4n) is 1.67. The summed E-state index contributed by atoms with van der Waals surface area (Å²) in [5.74, 6) is -2.95. The molecular formula is C12H17F2NO. The first-order valence-corrected chi connectivity index (χ1v) is 5.23. The van der Waals surface area contributed by atoms with E-state index in [0.29, 0.717) is 0 Å². The Kier molecular flexibility index (Phi) is 3.99. The molecule has 1 aromatic rings. The third kappa shape index (κ3) is 3.00. The first-order valence-electron chi connectivity index (χ1n) is 5.23. The number of alkyl halides is 2. The number of aliphatic hydroxyl groups excluding tert-OH is 1. The average Bonchev–Trinajstić information content (AvgIpc) is 2.16. The molecule has 0 aliphatic rings. The molecule has 2 nitrogen and oxygen atoms in total. The first-order chi connectivity index (χ1) is 7.36. The Labute approximate surface area is 94.1 Å². The lowest BCUT2D eigenvalue weighted by Gasteiger charge is -2.20. The van der Waals surface area contributed by atoms with Gasteiger partial charge in [0.1, 0.15) is 0 Å². The van der Waals surface area contributed by atoms with E-state index in [-0.39, 0.29) is 24.1 Å². The number of halogens is 2. The van der Waals surface area contributed by atoms with Crippen LogP contribution in [0.25, 0.3) is 0 Å². The van der Waals surface area contributed by atoms with Gasteiger partial charge in [0.25, 0.3) is 5.92 Å². The van der Waals surface area contributed by atoms with Gasteiger partial charge in [0.2, 0.25) is 0 Å². The van der Waals surface area contributed by atoms with E-state index >= 15 is 0 Å². The predicted molar refractivity (Wildman–Crippen MR) is 59.4 cm³/mol. The van der Waals surface area contributed by atoms with E-state index in [1.807, 2.05) is 0 Å². The Morgan fingerprint density at radius 2 is 2.06 bits per heavy atom. The van der Waals surface area contributed by atoms with E-state index < -0.39 is 12.0 Å². The molecule has 0 saturated heterocycles. The van der Waals surface area contributed by atoms with Crippen molar-refractivity contribution in [2.45, 2.75) is 32.3 Å². The Morgan fingerprint density at radius 1 is 1.44 bits per heavy atom. The molecule has 1 rings (SSSR count). The zero-order chi connectivity index (χ0) is 12.3. The van der Waals surface area contributed by atoms with E-state index in [1.165, 1.54) is 6.07 Å². The van der Waals surface area contributed by atoms with Crippen molar-refractivity contribution < 1.29 is 13.9 Å². The van der Waals surface area contributed by atoms with Crippen LogP contribution in [0.1, 0.15) is 36.1 Å². The highest BCUT2D eigenvalue weighted by molar-refractivity contribution is 5.35. The van der Waals surface area contributed by atoms with Gasteiger partial charge in [-0.2, -0.15) is 0 Å². The van der Waals surface area contributed by atoms with E-state index in [9.17, 15) is 13.9 Å². The summed E-state index contributed by atoms with van der Waals surface area (Å²) in [4.78, 5) is 0. The number of hydrogen-bond acceptors (Lipinski definition) is 2. The molecule has 1 atom stereocenters. The Hall–Kier alpha value is -1.00. The molecule has 1 unspecified atom stereocenters. The van der Waals surface area contributed by atoms with Gasteiger partial charge < -0.3 is 10.8 Å². The van der Waals surface area contributed by atoms with Crippen LogP contribution in [0.5, 0.6) is 0 Å². The molecule has 4 heteroatoms. The van der Waals surface area contributed by atoms with Gasteiger partial charge in [0.15, 0.2) is 0 Å². The van der Waals surface area contributed by atoms with Crippen molar-refractivity contribution in [2.75, 3.05) is 6.54 Å². The molecule has 0 heterocycles. The topological polar surface area (TPSA) is 46.2 Å². The fourth-order valence-corrected chi connectivity index (χ4v) is 1.67. The predicted octanol–water partition coefficient (Wildman–Crippen LogP) is 2.49. The summed E-state index contributed by atoms with van der Waals surface area (Å²) >= 11 is 0. The van der Waals surface area contributed by atoms with Crippen molar-refractivity contribution in [3.63, 3.8) is 0 Å². The highest BCUT2D eigenvalue weighted by Gasteiger charge is 2.29. The van der Waals surface area contributed by atoms with Gasteiger partial charge in [0.05, 0.1) is 6.10 Å². The number of aryl methyl sites for hydroxylation is 1. The number of rotatable bonds is 4. The van der Waals surface area contributed by atoms with Crippen LogP contribution in [-0.2, 0) is 5.92 Å². The molecule has 0 aromatic heterocycles. The van der Waals surface area contributed by atoms with Gasteiger partial charge >= 0.3 is 0 Å². The van der Waals surface area contributed by atoms with E-state index in [4.69, 9.17) is 5.73 Å². The third-order valence-electron chi connectivity index (χ3n) is 2.48. The van der Waals surface area contributed by atoms with Crippen molar-refractivity contribution >= 4 is 0 Å². The standard InChI is InChI=1S/C12H17F2NO/c1-8-3-4-10(12(2,13)14)9(7-8)11(16)5-6-15/h3-4,7,11,16H,5-6,15H2,1-2H3. The minimum Gasteiger partial charge on any atom is -0.388 e. The summed E-state index contributed by atoms with van der Waals surface area (Å²) in [5, 5.41) is 9.78. The zero-order valence-corrected chi connectivity index (χ0v) is 9.50. The maximum absolute atomic E-state index is 13.3. The largest absolute Gasteiger partial charge is 0.388 e. The van der Waals surface area contributed by atoms with Crippen LogP contribution in [0.15, 0.2) is 18.2 Å². The lowest BCUT2D eigenvalue weighted by Crippen LogP contribution is -2.15. The molecule has 0 aliphatic carbocycles. The molecule has 0 saturated carbocycles. The molecule has 0 spiro atoms.